The number of nitrogens with two attached hydrogens (primary N) is 1. The molecule has 1 aliphatic heterocycles. The van der Waals surface area contributed by atoms with Crippen molar-refractivity contribution < 1.29 is 9.47 Å². The van der Waals surface area contributed by atoms with Crippen LogP contribution in [0.4, 0.5) is 0 Å². The third kappa shape index (κ3) is 2.87. The lowest BCUT2D eigenvalue weighted by atomic mass is 9.82. The number of aromatic amines is 1. The number of H-pyrrole nitrogens is 1. The maximum Gasteiger partial charge on any atom is 0.244 e. The Morgan fingerprint density at radius 3 is 2.50 bits per heavy atom. The number of methoxy groups -OCH3 is 1. The predicted octanol–water partition coefficient (Wildman–Crippen LogP) is 3.87. The molecule has 6 nitrogen and oxygen atoms in total. The van der Waals surface area contributed by atoms with Gasteiger partial charge in [0, 0.05) is 5.56 Å². The highest BCUT2D eigenvalue weighted by Crippen LogP contribution is 2.45. The summed E-state index contributed by atoms with van der Waals surface area (Å²) in [5.41, 5.74) is 11.1. The van der Waals surface area contributed by atoms with E-state index in [0.717, 1.165) is 34.6 Å². The summed E-state index contributed by atoms with van der Waals surface area (Å²) in [6.45, 7) is 2.11. The maximum absolute atomic E-state index is 9.77. The molecule has 1 aliphatic rings. The van der Waals surface area contributed by atoms with Crippen molar-refractivity contribution in [2.24, 2.45) is 5.73 Å². The van der Waals surface area contributed by atoms with Crippen LogP contribution in [0.15, 0.2) is 60.0 Å². The van der Waals surface area contributed by atoms with E-state index >= 15 is 0 Å². The Labute approximate surface area is 163 Å². The van der Waals surface area contributed by atoms with E-state index in [1.54, 1.807) is 7.11 Å². The Balaban J connectivity index is 1.88. The number of rotatable bonds is 4. The van der Waals surface area contributed by atoms with Gasteiger partial charge in [-0.05, 0) is 41.8 Å². The number of nitrogens with zero attached hydrogens (tertiary/aromatic N) is 2. The Kier molecular flexibility index (Phi) is 4.50. The second kappa shape index (κ2) is 7.12. The number of ether oxygens (including phenoxy) is 2. The first-order valence-electron chi connectivity index (χ1n) is 9.05. The molecule has 3 aromatic rings. The molecule has 0 radical (unpaired) electrons. The van der Waals surface area contributed by atoms with Crippen molar-refractivity contribution in [2.75, 3.05) is 7.11 Å². The topological polar surface area (TPSA) is 97.0 Å². The zero-order valence-electron chi connectivity index (χ0n) is 15.7. The minimum atomic E-state index is -0.351. The quantitative estimate of drug-likeness (QED) is 0.725. The SMILES string of the molecule is CCc1ccc([C@@H]2C(C#N)=C(N)Oc3n[nH]c(-c4ccc(OC)cc4)c32)cc1. The van der Waals surface area contributed by atoms with Gasteiger partial charge in [0.15, 0.2) is 0 Å². The molecular formula is C22H20N4O2. The van der Waals surface area contributed by atoms with E-state index in [1.807, 2.05) is 36.4 Å². The van der Waals surface area contributed by atoms with E-state index in [4.69, 9.17) is 15.2 Å². The Hall–Kier alpha value is -3.72. The monoisotopic (exact) mass is 372 g/mol. The average molecular weight is 372 g/mol. The summed E-state index contributed by atoms with van der Waals surface area (Å²) in [6, 6.07) is 18.1. The molecule has 0 spiro atoms. The van der Waals surface area contributed by atoms with E-state index in [1.165, 1.54) is 5.56 Å². The zero-order chi connectivity index (χ0) is 19.7. The second-order valence-corrected chi connectivity index (χ2v) is 6.57. The van der Waals surface area contributed by atoms with E-state index in [0.29, 0.717) is 11.5 Å². The molecule has 0 saturated carbocycles. The molecule has 0 bridgehead atoms. The molecule has 1 atom stereocenters. The highest BCUT2D eigenvalue weighted by atomic mass is 16.5. The molecule has 0 saturated heterocycles. The van der Waals surface area contributed by atoms with Crippen LogP contribution in [0.3, 0.4) is 0 Å². The molecule has 2 heterocycles. The summed E-state index contributed by atoms with van der Waals surface area (Å²) in [5.74, 6) is 0.900. The fourth-order valence-electron chi connectivity index (χ4n) is 3.50. The van der Waals surface area contributed by atoms with Crippen LogP contribution in [0.1, 0.15) is 29.5 Å². The predicted molar refractivity (Wildman–Crippen MR) is 106 cm³/mol. The Bertz CT molecular complexity index is 1070. The zero-order valence-corrected chi connectivity index (χ0v) is 15.7. The second-order valence-electron chi connectivity index (χ2n) is 6.57. The first-order chi connectivity index (χ1) is 13.7. The first kappa shape index (κ1) is 17.7. The van der Waals surface area contributed by atoms with Crippen molar-refractivity contribution in [3.8, 4) is 29.0 Å². The normalized spacial score (nSPS) is 15.5. The van der Waals surface area contributed by atoms with Gasteiger partial charge in [0.2, 0.25) is 11.8 Å². The van der Waals surface area contributed by atoms with Crippen LogP contribution >= 0.6 is 0 Å². The fourth-order valence-corrected chi connectivity index (χ4v) is 3.50. The lowest BCUT2D eigenvalue weighted by Gasteiger charge is -2.24. The Morgan fingerprint density at radius 2 is 1.89 bits per heavy atom. The number of hydrogen-bond acceptors (Lipinski definition) is 5. The highest BCUT2D eigenvalue weighted by Gasteiger charge is 2.35. The number of allylic oxidation sites excluding steroid dienone is 1. The third-order valence-corrected chi connectivity index (χ3v) is 5.04. The molecule has 3 N–H and O–H groups in total. The summed E-state index contributed by atoms with van der Waals surface area (Å²) < 4.78 is 10.9. The highest BCUT2D eigenvalue weighted by molar-refractivity contribution is 5.71. The van der Waals surface area contributed by atoms with Gasteiger partial charge in [-0.3, -0.25) is 5.10 Å². The number of benzene rings is 2. The maximum atomic E-state index is 9.77. The number of aryl methyl sites for hydroxylation is 1. The van der Waals surface area contributed by atoms with Crippen molar-refractivity contribution in [1.82, 2.24) is 10.2 Å². The summed E-state index contributed by atoms with van der Waals surface area (Å²) in [7, 11) is 1.63. The van der Waals surface area contributed by atoms with Crippen molar-refractivity contribution in [3.63, 3.8) is 0 Å². The lowest BCUT2D eigenvalue weighted by Crippen LogP contribution is -2.21. The van der Waals surface area contributed by atoms with E-state index < -0.39 is 0 Å². The van der Waals surface area contributed by atoms with Crippen molar-refractivity contribution in [1.29, 1.82) is 5.26 Å². The van der Waals surface area contributed by atoms with Crippen molar-refractivity contribution in [3.05, 3.63) is 76.7 Å². The molecule has 0 fully saturated rings. The number of nitrogens with one attached hydrogen (secondary N) is 1. The molecule has 4 rings (SSSR count). The minimum Gasteiger partial charge on any atom is -0.497 e. The average Bonchev–Trinajstić information content (AvgIpc) is 3.16. The van der Waals surface area contributed by atoms with Crippen molar-refractivity contribution >= 4 is 0 Å². The summed E-state index contributed by atoms with van der Waals surface area (Å²) >= 11 is 0. The largest absolute Gasteiger partial charge is 0.497 e. The smallest absolute Gasteiger partial charge is 0.244 e. The molecule has 1 aromatic heterocycles. The minimum absolute atomic E-state index is 0.0901. The van der Waals surface area contributed by atoms with Crippen LogP contribution in [0.5, 0.6) is 11.6 Å². The molecule has 0 amide bonds. The standard InChI is InChI=1S/C22H20N4O2/c1-3-13-4-6-14(7-5-13)18-17(12-23)21(24)28-22-19(18)20(25-26-22)15-8-10-16(27-2)11-9-15/h4-11,18H,3,24H2,1-2H3,(H,25,26)/t18-/m1/s1. The molecule has 6 heteroatoms. The first-order valence-corrected chi connectivity index (χ1v) is 9.05. The molecule has 0 aliphatic carbocycles. The summed E-state index contributed by atoms with van der Waals surface area (Å²) in [6.07, 6.45) is 0.950. The van der Waals surface area contributed by atoms with E-state index in [-0.39, 0.29) is 11.8 Å². The lowest BCUT2D eigenvalue weighted by molar-refractivity contribution is 0.379. The molecule has 28 heavy (non-hydrogen) atoms. The van der Waals surface area contributed by atoms with Gasteiger partial charge in [0.1, 0.15) is 17.4 Å². The van der Waals surface area contributed by atoms with Gasteiger partial charge in [-0.25, -0.2) is 0 Å². The van der Waals surface area contributed by atoms with Gasteiger partial charge < -0.3 is 15.2 Å². The van der Waals surface area contributed by atoms with Gasteiger partial charge in [-0.15, -0.1) is 5.10 Å². The van der Waals surface area contributed by atoms with Crippen LogP contribution in [0.25, 0.3) is 11.3 Å². The van der Waals surface area contributed by atoms with Crippen LogP contribution in [0, 0.1) is 11.3 Å². The Morgan fingerprint density at radius 1 is 1.18 bits per heavy atom. The summed E-state index contributed by atoms with van der Waals surface area (Å²) in [5, 5.41) is 17.1. The number of fused-ring (bicyclic) bond motifs is 1. The molecule has 140 valence electrons. The summed E-state index contributed by atoms with van der Waals surface area (Å²) in [4.78, 5) is 0. The fraction of sp³-hybridized carbons (Fsp3) is 0.182. The van der Waals surface area contributed by atoms with Gasteiger partial charge in [0.25, 0.3) is 0 Å². The molecular weight excluding hydrogens is 352 g/mol. The third-order valence-electron chi connectivity index (χ3n) is 5.04. The van der Waals surface area contributed by atoms with Gasteiger partial charge >= 0.3 is 0 Å². The number of nitriles is 1. The van der Waals surface area contributed by atoms with E-state index in [2.05, 4.69) is 35.3 Å². The van der Waals surface area contributed by atoms with Crippen LogP contribution in [0.2, 0.25) is 0 Å². The van der Waals surface area contributed by atoms with Crippen molar-refractivity contribution in [2.45, 2.75) is 19.3 Å². The van der Waals surface area contributed by atoms with E-state index in [9.17, 15) is 5.26 Å². The van der Waals surface area contributed by atoms with Crippen LogP contribution in [-0.2, 0) is 6.42 Å². The van der Waals surface area contributed by atoms with Crippen LogP contribution in [-0.4, -0.2) is 17.3 Å². The number of aromatic nitrogens is 2. The van der Waals surface area contributed by atoms with Crippen LogP contribution < -0.4 is 15.2 Å². The molecule has 0 unspecified atom stereocenters. The number of hydrogen-bond donors (Lipinski definition) is 2. The van der Waals surface area contributed by atoms with Gasteiger partial charge in [-0.2, -0.15) is 5.26 Å². The van der Waals surface area contributed by atoms with Gasteiger partial charge in [0.05, 0.1) is 24.3 Å². The van der Waals surface area contributed by atoms with Gasteiger partial charge in [-0.1, -0.05) is 31.2 Å². The molecule has 2 aromatic carbocycles.